The molecular formula is C17H16F3IN2O. The van der Waals surface area contributed by atoms with Crippen LogP contribution in [0.5, 0.6) is 0 Å². The Kier molecular flexibility index (Phi) is 6.22. The topological polar surface area (TPSA) is 32.3 Å². The highest BCUT2D eigenvalue weighted by Gasteiger charge is 2.29. The fourth-order valence-corrected chi connectivity index (χ4v) is 2.69. The summed E-state index contributed by atoms with van der Waals surface area (Å²) in [6.07, 6.45) is -4.34. The van der Waals surface area contributed by atoms with Gasteiger partial charge in [-0.1, -0.05) is 24.3 Å². The van der Waals surface area contributed by atoms with Gasteiger partial charge < -0.3 is 5.32 Å². The number of likely N-dealkylation sites (N-methyl/N-ethyl adjacent to an activating group) is 1. The van der Waals surface area contributed by atoms with Gasteiger partial charge in [-0.15, -0.1) is 0 Å². The van der Waals surface area contributed by atoms with Crippen LogP contribution in [0.3, 0.4) is 0 Å². The molecule has 0 aromatic heterocycles. The number of anilines is 1. The summed E-state index contributed by atoms with van der Waals surface area (Å²) >= 11 is 2.14. The number of para-hydroxylation sites is 1. The molecule has 0 saturated carbocycles. The maximum Gasteiger partial charge on any atom is 0.416 e. The van der Waals surface area contributed by atoms with E-state index in [4.69, 9.17) is 0 Å². The zero-order chi connectivity index (χ0) is 17.7. The van der Waals surface area contributed by atoms with E-state index in [9.17, 15) is 18.0 Å². The summed E-state index contributed by atoms with van der Waals surface area (Å²) in [7, 11) is 1.74. The van der Waals surface area contributed by atoms with Gasteiger partial charge in [-0.2, -0.15) is 13.2 Å². The molecule has 0 aliphatic carbocycles. The minimum absolute atomic E-state index is 0.145. The average Bonchev–Trinajstić information content (AvgIpc) is 2.49. The maximum absolute atomic E-state index is 12.5. The molecular weight excluding hydrogens is 432 g/mol. The summed E-state index contributed by atoms with van der Waals surface area (Å²) in [6.45, 7) is 0.531. The normalized spacial score (nSPS) is 11.6. The van der Waals surface area contributed by atoms with E-state index < -0.39 is 11.7 Å². The highest BCUT2D eigenvalue weighted by Crippen LogP contribution is 2.29. The van der Waals surface area contributed by atoms with E-state index in [0.717, 1.165) is 21.4 Å². The molecule has 2 aromatic rings. The van der Waals surface area contributed by atoms with Crippen LogP contribution in [0.1, 0.15) is 11.1 Å². The summed E-state index contributed by atoms with van der Waals surface area (Å²) in [5, 5.41) is 2.82. The summed E-state index contributed by atoms with van der Waals surface area (Å²) in [5.74, 6) is -0.173. The third kappa shape index (κ3) is 5.48. The highest BCUT2D eigenvalue weighted by atomic mass is 127. The number of benzene rings is 2. The van der Waals surface area contributed by atoms with Gasteiger partial charge in [0, 0.05) is 10.1 Å². The first-order valence-corrected chi connectivity index (χ1v) is 8.22. The second-order valence-corrected chi connectivity index (χ2v) is 6.56. The van der Waals surface area contributed by atoms with Crippen molar-refractivity contribution in [2.24, 2.45) is 0 Å². The van der Waals surface area contributed by atoms with Crippen LogP contribution in [-0.2, 0) is 17.5 Å². The van der Waals surface area contributed by atoms with Crippen molar-refractivity contribution in [1.29, 1.82) is 0 Å². The fourth-order valence-electron chi connectivity index (χ4n) is 2.16. The Bertz CT molecular complexity index is 702. The lowest BCUT2D eigenvalue weighted by Gasteiger charge is -2.17. The third-order valence-corrected chi connectivity index (χ3v) is 4.24. The molecule has 128 valence electrons. The summed E-state index contributed by atoms with van der Waals surface area (Å²) in [6, 6.07) is 12.4. The molecule has 0 saturated heterocycles. The van der Waals surface area contributed by atoms with Crippen molar-refractivity contribution in [3.05, 3.63) is 63.2 Å². The molecule has 1 N–H and O–H groups in total. The number of carbonyl (C=O) groups excluding carboxylic acids is 1. The Labute approximate surface area is 152 Å². The van der Waals surface area contributed by atoms with E-state index in [2.05, 4.69) is 27.9 Å². The van der Waals surface area contributed by atoms with Gasteiger partial charge in [0.2, 0.25) is 5.91 Å². The summed E-state index contributed by atoms with van der Waals surface area (Å²) in [5.41, 5.74) is 0.781. The average molecular weight is 448 g/mol. The van der Waals surface area contributed by atoms with Gasteiger partial charge in [0.15, 0.2) is 0 Å². The molecule has 2 rings (SSSR count). The molecule has 0 fully saturated rings. The van der Waals surface area contributed by atoms with E-state index in [1.807, 2.05) is 24.3 Å². The van der Waals surface area contributed by atoms with E-state index in [-0.39, 0.29) is 12.5 Å². The SMILES string of the molecule is CN(CC(=O)Nc1ccccc1I)Cc1ccc(C(F)(F)F)cc1. The smallest absolute Gasteiger partial charge is 0.324 e. The minimum Gasteiger partial charge on any atom is -0.324 e. The van der Waals surface area contributed by atoms with Crippen molar-refractivity contribution < 1.29 is 18.0 Å². The van der Waals surface area contributed by atoms with Crippen LogP contribution in [0.2, 0.25) is 0 Å². The van der Waals surface area contributed by atoms with Gasteiger partial charge in [0.25, 0.3) is 0 Å². The molecule has 0 aliphatic heterocycles. The van der Waals surface area contributed by atoms with E-state index >= 15 is 0 Å². The predicted molar refractivity (Wildman–Crippen MR) is 95.6 cm³/mol. The maximum atomic E-state index is 12.5. The van der Waals surface area contributed by atoms with Gasteiger partial charge in [-0.25, -0.2) is 0 Å². The summed E-state index contributed by atoms with van der Waals surface area (Å²) < 4.78 is 38.5. The van der Waals surface area contributed by atoms with Crippen LogP contribution in [-0.4, -0.2) is 24.4 Å². The molecule has 0 atom stereocenters. The lowest BCUT2D eigenvalue weighted by atomic mass is 10.1. The van der Waals surface area contributed by atoms with Gasteiger partial charge in [0.05, 0.1) is 17.8 Å². The molecule has 0 bridgehead atoms. The highest BCUT2D eigenvalue weighted by molar-refractivity contribution is 14.1. The van der Waals surface area contributed by atoms with Crippen LogP contribution in [0.25, 0.3) is 0 Å². The first kappa shape index (κ1) is 18.7. The van der Waals surface area contributed by atoms with Gasteiger partial charge in [-0.05, 0) is 59.5 Å². The number of hydrogen-bond acceptors (Lipinski definition) is 2. The third-order valence-electron chi connectivity index (χ3n) is 3.30. The molecule has 2 aromatic carbocycles. The van der Waals surface area contributed by atoms with Crippen molar-refractivity contribution in [2.75, 3.05) is 18.9 Å². The first-order valence-electron chi connectivity index (χ1n) is 7.15. The molecule has 3 nitrogen and oxygen atoms in total. The molecule has 0 spiro atoms. The van der Waals surface area contributed by atoms with Crippen molar-refractivity contribution >= 4 is 34.2 Å². The molecule has 0 radical (unpaired) electrons. The van der Waals surface area contributed by atoms with Crippen molar-refractivity contribution in [2.45, 2.75) is 12.7 Å². The number of nitrogens with one attached hydrogen (secondary N) is 1. The molecule has 0 unspecified atom stereocenters. The van der Waals surface area contributed by atoms with Gasteiger partial charge >= 0.3 is 6.18 Å². The number of rotatable bonds is 5. The van der Waals surface area contributed by atoms with Gasteiger partial charge in [0.1, 0.15) is 0 Å². The largest absolute Gasteiger partial charge is 0.416 e. The Morgan fingerprint density at radius 3 is 2.33 bits per heavy atom. The van der Waals surface area contributed by atoms with Gasteiger partial charge in [-0.3, -0.25) is 9.69 Å². The Morgan fingerprint density at radius 2 is 1.75 bits per heavy atom. The molecule has 0 aliphatic rings. The minimum atomic E-state index is -4.34. The number of nitrogens with zero attached hydrogens (tertiary/aromatic N) is 1. The Balaban J connectivity index is 1.90. The number of amides is 1. The second-order valence-electron chi connectivity index (χ2n) is 5.39. The quantitative estimate of drug-likeness (QED) is 0.689. The Morgan fingerprint density at radius 1 is 1.12 bits per heavy atom. The fraction of sp³-hybridized carbons (Fsp3) is 0.235. The van der Waals surface area contributed by atoms with Crippen LogP contribution >= 0.6 is 22.6 Å². The van der Waals surface area contributed by atoms with E-state index in [1.165, 1.54) is 12.1 Å². The van der Waals surface area contributed by atoms with Crippen molar-refractivity contribution in [1.82, 2.24) is 4.90 Å². The lowest BCUT2D eigenvalue weighted by molar-refractivity contribution is -0.137. The van der Waals surface area contributed by atoms with Crippen molar-refractivity contribution in [3.63, 3.8) is 0 Å². The molecule has 0 heterocycles. The predicted octanol–water partition coefficient (Wildman–Crippen LogP) is 4.38. The molecule has 1 amide bonds. The second kappa shape index (κ2) is 7.98. The standard InChI is InChI=1S/C17H16F3IN2O/c1-23(10-12-6-8-13(9-7-12)17(18,19)20)11-16(24)22-15-5-3-2-4-14(15)21/h2-9H,10-11H2,1H3,(H,22,24). The first-order chi connectivity index (χ1) is 11.3. The van der Waals surface area contributed by atoms with Crippen LogP contribution in [0.15, 0.2) is 48.5 Å². The summed E-state index contributed by atoms with van der Waals surface area (Å²) in [4.78, 5) is 13.8. The number of hydrogen-bond donors (Lipinski definition) is 1. The van der Waals surface area contributed by atoms with Crippen LogP contribution in [0.4, 0.5) is 18.9 Å². The van der Waals surface area contributed by atoms with Crippen LogP contribution < -0.4 is 5.32 Å². The number of carbonyl (C=O) groups is 1. The zero-order valence-corrected chi connectivity index (χ0v) is 15.1. The number of alkyl halides is 3. The molecule has 7 heteroatoms. The van der Waals surface area contributed by atoms with Crippen LogP contribution in [0, 0.1) is 3.57 Å². The van der Waals surface area contributed by atoms with E-state index in [1.54, 1.807) is 11.9 Å². The molecule has 24 heavy (non-hydrogen) atoms. The lowest BCUT2D eigenvalue weighted by Crippen LogP contribution is -2.30. The monoisotopic (exact) mass is 448 g/mol. The van der Waals surface area contributed by atoms with Crippen molar-refractivity contribution in [3.8, 4) is 0 Å². The zero-order valence-electron chi connectivity index (χ0n) is 12.9. The Hall–Kier alpha value is -1.61. The number of halogens is 4. The van der Waals surface area contributed by atoms with E-state index in [0.29, 0.717) is 12.1 Å².